The summed E-state index contributed by atoms with van der Waals surface area (Å²) >= 11 is 3.42. The summed E-state index contributed by atoms with van der Waals surface area (Å²) in [6, 6.07) is 10.2. The molecule has 0 spiro atoms. The lowest BCUT2D eigenvalue weighted by Crippen LogP contribution is -2.02. The Kier molecular flexibility index (Phi) is 4.09. The molecule has 3 heterocycles. The molecule has 0 amide bonds. The monoisotopic (exact) mass is 366 g/mol. The van der Waals surface area contributed by atoms with Gasteiger partial charge in [-0.3, -0.25) is 4.98 Å². The third kappa shape index (κ3) is 2.85. The molecule has 3 aromatic heterocycles. The summed E-state index contributed by atoms with van der Waals surface area (Å²) in [6.45, 7) is 6.30. The maximum atomic E-state index is 6.23. The van der Waals surface area contributed by atoms with Crippen LogP contribution in [0.1, 0.15) is 28.4 Å². The number of rotatable bonds is 3. The van der Waals surface area contributed by atoms with E-state index in [2.05, 4.69) is 36.8 Å². The van der Waals surface area contributed by atoms with Gasteiger partial charge in [-0.15, -0.1) is 23.1 Å². The number of thiophene rings is 1. The van der Waals surface area contributed by atoms with Crippen LogP contribution in [-0.4, -0.2) is 15.0 Å². The maximum absolute atomic E-state index is 6.23. The Morgan fingerprint density at radius 1 is 1.12 bits per heavy atom. The van der Waals surface area contributed by atoms with Crippen molar-refractivity contribution in [2.75, 3.05) is 5.73 Å². The molecule has 126 valence electrons. The molecule has 0 radical (unpaired) electrons. The molecule has 0 aliphatic heterocycles. The van der Waals surface area contributed by atoms with E-state index in [9.17, 15) is 0 Å². The summed E-state index contributed by atoms with van der Waals surface area (Å²) in [5.41, 5.74) is 8.41. The van der Waals surface area contributed by atoms with Crippen molar-refractivity contribution in [2.45, 2.75) is 30.9 Å². The van der Waals surface area contributed by atoms with Crippen LogP contribution in [0, 0.1) is 13.8 Å². The molecular weight excluding hydrogens is 348 g/mol. The van der Waals surface area contributed by atoms with Gasteiger partial charge in [0.15, 0.2) is 0 Å². The second-order valence-electron chi connectivity index (χ2n) is 6.02. The van der Waals surface area contributed by atoms with Crippen molar-refractivity contribution < 1.29 is 0 Å². The first-order valence-corrected chi connectivity index (χ1v) is 9.77. The van der Waals surface area contributed by atoms with E-state index in [0.29, 0.717) is 5.82 Å². The number of thioether (sulfide) groups is 1. The van der Waals surface area contributed by atoms with Gasteiger partial charge in [0.1, 0.15) is 16.5 Å². The quantitative estimate of drug-likeness (QED) is 0.499. The molecule has 1 aromatic carbocycles. The summed E-state index contributed by atoms with van der Waals surface area (Å²) in [5.74, 6) is 1.35. The minimum absolute atomic E-state index is 0.0974. The fourth-order valence-corrected chi connectivity index (χ4v) is 4.97. The Bertz CT molecular complexity index is 1080. The number of pyridine rings is 1. The zero-order chi connectivity index (χ0) is 17.6. The molecule has 1 atom stereocenters. The highest BCUT2D eigenvalue weighted by Crippen LogP contribution is 2.39. The van der Waals surface area contributed by atoms with E-state index in [1.807, 2.05) is 30.5 Å². The van der Waals surface area contributed by atoms with E-state index in [1.54, 1.807) is 23.1 Å². The molecule has 4 nitrogen and oxygen atoms in total. The van der Waals surface area contributed by atoms with Gasteiger partial charge in [0.25, 0.3) is 0 Å². The third-order valence-corrected chi connectivity index (χ3v) is 6.63. The predicted octanol–water partition coefficient (Wildman–Crippen LogP) is 5.29. The van der Waals surface area contributed by atoms with Crippen molar-refractivity contribution >= 4 is 50.0 Å². The zero-order valence-electron chi connectivity index (χ0n) is 14.3. The first-order chi connectivity index (χ1) is 12.0. The fraction of sp³-hybridized carbons (Fsp3) is 0.211. The molecule has 4 aromatic rings. The van der Waals surface area contributed by atoms with Crippen LogP contribution in [0.5, 0.6) is 0 Å². The first-order valence-electron chi connectivity index (χ1n) is 8.08. The lowest BCUT2D eigenvalue weighted by Gasteiger charge is -2.12. The van der Waals surface area contributed by atoms with Crippen LogP contribution in [-0.2, 0) is 0 Å². The largest absolute Gasteiger partial charge is 0.383 e. The molecule has 0 bridgehead atoms. The SMILES string of the molecule is Cc1sc2nc(C(C)Sc3ccnc4ccccc34)nc(N)c2c1C. The first kappa shape index (κ1) is 16.3. The molecular formula is C19H18N4S2. The van der Waals surface area contributed by atoms with Gasteiger partial charge in [0.05, 0.1) is 16.2 Å². The number of nitrogens with zero attached hydrogens (tertiary/aromatic N) is 3. The van der Waals surface area contributed by atoms with Crippen LogP contribution in [0.3, 0.4) is 0 Å². The molecule has 0 saturated heterocycles. The Morgan fingerprint density at radius 2 is 1.92 bits per heavy atom. The Labute approximate surface area is 154 Å². The number of anilines is 1. The van der Waals surface area contributed by atoms with E-state index in [0.717, 1.165) is 26.9 Å². The lowest BCUT2D eigenvalue weighted by molar-refractivity contribution is 0.945. The summed E-state index contributed by atoms with van der Waals surface area (Å²) in [5, 5.41) is 2.25. The Hall–Kier alpha value is -2.18. The van der Waals surface area contributed by atoms with Gasteiger partial charge in [-0.1, -0.05) is 18.2 Å². The lowest BCUT2D eigenvalue weighted by atomic mass is 10.2. The number of hydrogen-bond acceptors (Lipinski definition) is 6. The van der Waals surface area contributed by atoms with Crippen LogP contribution in [0.2, 0.25) is 0 Å². The molecule has 0 fully saturated rings. The average Bonchev–Trinajstić information content (AvgIpc) is 2.90. The molecule has 2 N–H and O–H groups in total. The maximum Gasteiger partial charge on any atom is 0.145 e. The minimum atomic E-state index is 0.0974. The van der Waals surface area contributed by atoms with Crippen molar-refractivity contribution in [3.8, 4) is 0 Å². The van der Waals surface area contributed by atoms with E-state index in [4.69, 9.17) is 10.7 Å². The van der Waals surface area contributed by atoms with Crippen molar-refractivity contribution in [3.05, 3.63) is 52.8 Å². The number of para-hydroxylation sites is 1. The number of aryl methyl sites for hydroxylation is 2. The summed E-state index contributed by atoms with van der Waals surface area (Å²) in [6.07, 6.45) is 1.85. The second kappa shape index (κ2) is 6.28. The highest BCUT2D eigenvalue weighted by molar-refractivity contribution is 7.99. The zero-order valence-corrected chi connectivity index (χ0v) is 15.9. The van der Waals surface area contributed by atoms with Crippen molar-refractivity contribution in [3.63, 3.8) is 0 Å². The summed E-state index contributed by atoms with van der Waals surface area (Å²) in [7, 11) is 0. The van der Waals surface area contributed by atoms with Crippen LogP contribution in [0.4, 0.5) is 5.82 Å². The van der Waals surface area contributed by atoms with Gasteiger partial charge >= 0.3 is 0 Å². The van der Waals surface area contributed by atoms with Gasteiger partial charge < -0.3 is 5.73 Å². The smallest absolute Gasteiger partial charge is 0.145 e. The Balaban J connectivity index is 1.73. The second-order valence-corrected chi connectivity index (χ2v) is 8.60. The number of benzene rings is 1. The molecule has 6 heteroatoms. The topological polar surface area (TPSA) is 64.7 Å². The number of nitrogen functional groups attached to an aromatic ring is 1. The van der Waals surface area contributed by atoms with Gasteiger partial charge in [0.2, 0.25) is 0 Å². The van der Waals surface area contributed by atoms with Gasteiger partial charge in [0, 0.05) is 21.4 Å². The van der Waals surface area contributed by atoms with E-state index >= 15 is 0 Å². The molecule has 0 aliphatic rings. The number of fused-ring (bicyclic) bond motifs is 2. The van der Waals surface area contributed by atoms with Crippen molar-refractivity contribution in [1.29, 1.82) is 0 Å². The van der Waals surface area contributed by atoms with Gasteiger partial charge in [-0.2, -0.15) is 0 Å². The van der Waals surface area contributed by atoms with E-state index in [1.165, 1.54) is 15.3 Å². The van der Waals surface area contributed by atoms with E-state index in [-0.39, 0.29) is 5.25 Å². The summed E-state index contributed by atoms with van der Waals surface area (Å²) < 4.78 is 0. The highest BCUT2D eigenvalue weighted by Gasteiger charge is 2.17. The summed E-state index contributed by atoms with van der Waals surface area (Å²) in [4.78, 5) is 17.2. The van der Waals surface area contributed by atoms with Crippen molar-refractivity contribution in [1.82, 2.24) is 15.0 Å². The Morgan fingerprint density at radius 3 is 2.76 bits per heavy atom. The minimum Gasteiger partial charge on any atom is -0.383 e. The predicted molar refractivity (Wildman–Crippen MR) is 107 cm³/mol. The van der Waals surface area contributed by atoms with Gasteiger partial charge in [-0.25, -0.2) is 9.97 Å². The molecule has 0 saturated carbocycles. The van der Waals surface area contributed by atoms with Gasteiger partial charge in [-0.05, 0) is 38.5 Å². The van der Waals surface area contributed by atoms with Crippen molar-refractivity contribution in [2.24, 2.45) is 0 Å². The fourth-order valence-electron chi connectivity index (χ4n) is 2.90. The number of nitrogens with two attached hydrogens (primary N) is 1. The molecule has 1 unspecified atom stereocenters. The average molecular weight is 367 g/mol. The normalized spacial score (nSPS) is 12.8. The third-order valence-electron chi connectivity index (χ3n) is 4.35. The standard InChI is InChI=1S/C19H18N4S2/c1-10-11(2)25-19-16(10)17(20)22-18(23-19)12(3)24-15-8-9-21-14-7-5-4-6-13(14)15/h4-9,12H,1-3H3,(H2,20,22,23). The molecule has 0 aliphatic carbocycles. The van der Waals surface area contributed by atoms with Crippen LogP contribution in [0.25, 0.3) is 21.1 Å². The number of hydrogen-bond donors (Lipinski definition) is 1. The highest BCUT2D eigenvalue weighted by atomic mass is 32.2. The molecule has 4 rings (SSSR count). The number of aromatic nitrogens is 3. The molecule has 25 heavy (non-hydrogen) atoms. The van der Waals surface area contributed by atoms with E-state index < -0.39 is 0 Å². The van der Waals surface area contributed by atoms with Crippen LogP contribution < -0.4 is 5.73 Å². The van der Waals surface area contributed by atoms with Crippen LogP contribution >= 0.6 is 23.1 Å². The van der Waals surface area contributed by atoms with Crippen LogP contribution in [0.15, 0.2) is 41.4 Å².